The number of aromatic nitrogens is 1. The number of hydrogen-bond acceptors (Lipinski definition) is 3. The van der Waals surface area contributed by atoms with Crippen molar-refractivity contribution in [3.63, 3.8) is 0 Å². The third-order valence-electron chi connectivity index (χ3n) is 2.64. The number of fused-ring (bicyclic) bond motifs is 1. The van der Waals surface area contributed by atoms with Crippen LogP contribution < -0.4 is 5.32 Å². The number of hydrogen-bond donors (Lipinski definition) is 1. The molecule has 0 spiro atoms. The average Bonchev–Trinajstić information content (AvgIpc) is 2.40. The Morgan fingerprint density at radius 2 is 1.88 bits per heavy atom. The van der Waals surface area contributed by atoms with Gasteiger partial charge in [0.25, 0.3) is 0 Å². The summed E-state index contributed by atoms with van der Waals surface area (Å²) in [5.41, 5.74) is 2.48. The predicted octanol–water partition coefficient (Wildman–Crippen LogP) is 3.68. The predicted molar refractivity (Wildman–Crippen MR) is 71.9 cm³/mol. The highest BCUT2D eigenvalue weighted by Crippen LogP contribution is 2.37. The van der Waals surface area contributed by atoms with Crippen molar-refractivity contribution < 1.29 is 0 Å². The first kappa shape index (κ1) is 10.4. The highest BCUT2D eigenvalue weighted by molar-refractivity contribution is 8.03. The summed E-state index contributed by atoms with van der Waals surface area (Å²) in [6, 6.07) is 12.5. The summed E-state index contributed by atoms with van der Waals surface area (Å²) in [6.45, 7) is 0. The molecule has 0 atom stereocenters. The van der Waals surface area contributed by atoms with Crippen LogP contribution in [0.25, 0.3) is 0 Å². The molecule has 0 amide bonds. The molecule has 0 fully saturated rings. The van der Waals surface area contributed by atoms with Crippen LogP contribution >= 0.6 is 11.8 Å². The molecule has 3 heteroatoms. The third kappa shape index (κ3) is 2.34. The summed E-state index contributed by atoms with van der Waals surface area (Å²) in [5.74, 6) is 0. The van der Waals surface area contributed by atoms with Gasteiger partial charge in [-0.2, -0.15) is 0 Å². The second-order valence-electron chi connectivity index (χ2n) is 3.89. The molecule has 2 heterocycles. The van der Waals surface area contributed by atoms with Gasteiger partial charge in [-0.25, -0.2) is 0 Å². The molecule has 2 aromatic rings. The van der Waals surface area contributed by atoms with Gasteiger partial charge in [0.05, 0.1) is 5.69 Å². The highest BCUT2D eigenvalue weighted by atomic mass is 32.2. The Morgan fingerprint density at radius 1 is 1.06 bits per heavy atom. The Bertz CT molecular complexity index is 549. The summed E-state index contributed by atoms with van der Waals surface area (Å²) in [5, 5.41) is 3.33. The molecule has 17 heavy (non-hydrogen) atoms. The maximum Gasteiger partial charge on any atom is 0.0521 e. The molecule has 0 bridgehead atoms. The molecule has 1 aromatic heterocycles. The fraction of sp³-hybridized carbons (Fsp3) is 0.0714. The molecule has 1 aliphatic rings. The lowest BCUT2D eigenvalue weighted by Gasteiger charge is -2.17. The van der Waals surface area contributed by atoms with E-state index in [0.29, 0.717) is 0 Å². The Balaban J connectivity index is 1.78. The normalized spacial score (nSPS) is 13.5. The van der Waals surface area contributed by atoms with Crippen LogP contribution in [0.4, 0.5) is 5.69 Å². The Morgan fingerprint density at radius 3 is 2.76 bits per heavy atom. The van der Waals surface area contributed by atoms with Crippen molar-refractivity contribution >= 4 is 17.4 Å². The second-order valence-corrected chi connectivity index (χ2v) is 5.05. The number of anilines is 1. The smallest absolute Gasteiger partial charge is 0.0521 e. The quantitative estimate of drug-likeness (QED) is 0.866. The first-order chi connectivity index (χ1) is 8.42. The van der Waals surface area contributed by atoms with Crippen molar-refractivity contribution in [2.45, 2.75) is 11.3 Å². The van der Waals surface area contributed by atoms with E-state index in [2.05, 4.69) is 46.8 Å². The Hall–Kier alpha value is -1.74. The molecule has 1 aromatic carbocycles. The lowest BCUT2D eigenvalue weighted by Crippen LogP contribution is -2.00. The molecule has 84 valence electrons. The van der Waals surface area contributed by atoms with Gasteiger partial charge in [0.15, 0.2) is 0 Å². The van der Waals surface area contributed by atoms with Crippen LogP contribution in [0.1, 0.15) is 5.56 Å². The van der Waals surface area contributed by atoms with Crippen LogP contribution in [0, 0.1) is 0 Å². The minimum Gasteiger partial charge on any atom is -0.360 e. The molecule has 0 saturated heterocycles. The summed E-state index contributed by atoms with van der Waals surface area (Å²) in [6.07, 6.45) is 6.72. The molecule has 0 radical (unpaired) electrons. The molecule has 0 saturated carbocycles. The number of para-hydroxylation sites is 1. The number of nitrogens with one attached hydrogen (secondary N) is 1. The minimum atomic E-state index is 0.953. The minimum absolute atomic E-state index is 0.953. The fourth-order valence-electron chi connectivity index (χ4n) is 1.79. The molecule has 0 unspecified atom stereocenters. The van der Waals surface area contributed by atoms with E-state index >= 15 is 0 Å². The maximum atomic E-state index is 4.03. The van der Waals surface area contributed by atoms with Crippen LogP contribution in [-0.2, 0) is 6.42 Å². The van der Waals surface area contributed by atoms with Crippen molar-refractivity contribution in [1.82, 2.24) is 4.98 Å². The number of rotatable bonds is 2. The maximum absolute atomic E-state index is 4.03. The Kier molecular flexibility index (Phi) is 2.84. The van der Waals surface area contributed by atoms with E-state index < -0.39 is 0 Å². The van der Waals surface area contributed by atoms with Crippen LogP contribution in [0.5, 0.6) is 0 Å². The lowest BCUT2D eigenvalue weighted by molar-refractivity contribution is 1.18. The highest BCUT2D eigenvalue weighted by Gasteiger charge is 2.10. The standard InChI is InChI=1S/C14H12N2S/c1-2-4-14-13(3-1)16-10-12(17-14)9-11-5-7-15-8-6-11/h1-8,10,16H,9H2. The molecule has 1 aliphatic heterocycles. The molecule has 2 nitrogen and oxygen atoms in total. The molecule has 1 N–H and O–H groups in total. The van der Waals surface area contributed by atoms with Crippen LogP contribution in [0.3, 0.4) is 0 Å². The number of pyridine rings is 1. The van der Waals surface area contributed by atoms with Crippen molar-refractivity contribution in [2.75, 3.05) is 5.32 Å². The number of thioether (sulfide) groups is 1. The van der Waals surface area contributed by atoms with E-state index in [1.807, 2.05) is 30.2 Å². The largest absolute Gasteiger partial charge is 0.360 e. The van der Waals surface area contributed by atoms with Crippen molar-refractivity contribution in [1.29, 1.82) is 0 Å². The van der Waals surface area contributed by atoms with Gasteiger partial charge in [-0.15, -0.1) is 0 Å². The van der Waals surface area contributed by atoms with Gasteiger partial charge in [-0.3, -0.25) is 4.98 Å². The topological polar surface area (TPSA) is 24.9 Å². The summed E-state index contributed by atoms with van der Waals surface area (Å²) < 4.78 is 0. The van der Waals surface area contributed by atoms with Gasteiger partial charge in [-0.05, 0) is 29.8 Å². The van der Waals surface area contributed by atoms with Crippen LogP contribution in [0.2, 0.25) is 0 Å². The van der Waals surface area contributed by atoms with E-state index in [1.54, 1.807) is 0 Å². The third-order valence-corrected chi connectivity index (χ3v) is 3.74. The van der Waals surface area contributed by atoms with Gasteiger partial charge in [0.2, 0.25) is 0 Å². The first-order valence-corrected chi connectivity index (χ1v) is 6.35. The molecular weight excluding hydrogens is 228 g/mol. The monoisotopic (exact) mass is 240 g/mol. The number of benzene rings is 1. The Labute approximate surface area is 105 Å². The summed E-state index contributed by atoms with van der Waals surface area (Å²) in [7, 11) is 0. The van der Waals surface area contributed by atoms with E-state index in [9.17, 15) is 0 Å². The zero-order valence-corrected chi connectivity index (χ0v) is 10.1. The summed E-state index contributed by atoms with van der Waals surface area (Å²) in [4.78, 5) is 6.65. The van der Waals surface area contributed by atoms with E-state index in [4.69, 9.17) is 0 Å². The zero-order valence-electron chi connectivity index (χ0n) is 9.26. The van der Waals surface area contributed by atoms with Crippen molar-refractivity contribution in [3.8, 4) is 0 Å². The van der Waals surface area contributed by atoms with E-state index in [1.165, 1.54) is 21.1 Å². The van der Waals surface area contributed by atoms with Crippen molar-refractivity contribution in [2.24, 2.45) is 0 Å². The van der Waals surface area contributed by atoms with Gasteiger partial charge in [0, 0.05) is 34.8 Å². The van der Waals surface area contributed by atoms with Crippen LogP contribution in [0.15, 0.2) is 64.8 Å². The number of nitrogens with zero attached hydrogens (tertiary/aromatic N) is 1. The van der Waals surface area contributed by atoms with Crippen LogP contribution in [-0.4, -0.2) is 4.98 Å². The van der Waals surface area contributed by atoms with E-state index in [-0.39, 0.29) is 0 Å². The molecule has 3 rings (SSSR count). The van der Waals surface area contributed by atoms with Gasteiger partial charge in [0.1, 0.15) is 0 Å². The van der Waals surface area contributed by atoms with E-state index in [0.717, 1.165) is 6.42 Å². The van der Waals surface area contributed by atoms with Gasteiger partial charge >= 0.3 is 0 Å². The van der Waals surface area contributed by atoms with Gasteiger partial charge < -0.3 is 5.32 Å². The average molecular weight is 240 g/mol. The summed E-state index contributed by atoms with van der Waals surface area (Å²) >= 11 is 1.83. The SMILES string of the molecule is C1=C(Cc2ccncc2)Sc2ccccc2N1. The second kappa shape index (κ2) is 4.63. The first-order valence-electron chi connectivity index (χ1n) is 5.53. The molecular formula is C14H12N2S. The fourth-order valence-corrected chi connectivity index (χ4v) is 2.82. The lowest BCUT2D eigenvalue weighted by atomic mass is 10.2. The zero-order chi connectivity index (χ0) is 11.5. The van der Waals surface area contributed by atoms with Gasteiger partial charge in [-0.1, -0.05) is 23.9 Å². The number of allylic oxidation sites excluding steroid dienone is 1. The van der Waals surface area contributed by atoms with Crippen molar-refractivity contribution in [3.05, 3.63) is 65.5 Å². The molecule has 0 aliphatic carbocycles.